The zero-order valence-electron chi connectivity index (χ0n) is 27.0. The van der Waals surface area contributed by atoms with Crippen molar-refractivity contribution in [3.8, 4) is 5.75 Å². The Morgan fingerprint density at radius 2 is 1.85 bits per heavy atom. The van der Waals surface area contributed by atoms with Gasteiger partial charge in [-0.1, -0.05) is 31.0 Å². The van der Waals surface area contributed by atoms with E-state index in [1.165, 1.54) is 11.1 Å². The van der Waals surface area contributed by atoms with Crippen LogP contribution in [0, 0.1) is 23.7 Å². The van der Waals surface area contributed by atoms with Crippen LogP contribution in [0.3, 0.4) is 0 Å². The van der Waals surface area contributed by atoms with Crippen LogP contribution in [0.15, 0.2) is 36.4 Å². The first-order valence-electron chi connectivity index (χ1n) is 17.2. The molecule has 1 saturated carbocycles. The van der Waals surface area contributed by atoms with Crippen molar-refractivity contribution in [2.75, 3.05) is 37.8 Å². The van der Waals surface area contributed by atoms with Gasteiger partial charge in [0.1, 0.15) is 16.7 Å². The number of amides is 1. The number of hydrogen-bond acceptors (Lipinski definition) is 7. The van der Waals surface area contributed by atoms with E-state index < -0.39 is 11.0 Å². The largest absolute Gasteiger partial charge is 0.490 e. The molecule has 8 nitrogen and oxygen atoms in total. The maximum atomic E-state index is 13.5. The summed E-state index contributed by atoms with van der Waals surface area (Å²) >= 11 is 6.46. The lowest BCUT2D eigenvalue weighted by Crippen LogP contribution is -2.51. The maximum absolute atomic E-state index is 13.5. The molecule has 1 spiro atoms. The van der Waals surface area contributed by atoms with Crippen molar-refractivity contribution >= 4 is 34.2 Å². The summed E-state index contributed by atoms with van der Waals surface area (Å²) in [6.07, 6.45) is 8.05. The van der Waals surface area contributed by atoms with Gasteiger partial charge in [-0.05, 0) is 111 Å². The molecule has 1 amide bonds. The highest BCUT2D eigenvalue weighted by molar-refractivity contribution is 7.84. The fourth-order valence-corrected chi connectivity index (χ4v) is 9.86. The van der Waals surface area contributed by atoms with Gasteiger partial charge in [-0.15, -0.1) is 0 Å². The molecule has 2 bridgehead atoms. The van der Waals surface area contributed by atoms with Crippen LogP contribution < -0.4 is 20.1 Å². The average Bonchev–Trinajstić information content (AvgIpc) is 3.18. The quantitative estimate of drug-likeness (QED) is 0.398. The molecule has 0 aromatic heterocycles. The Labute approximate surface area is 280 Å². The molecule has 250 valence electrons. The second-order valence-electron chi connectivity index (χ2n) is 14.6. The molecule has 2 aromatic rings. The average molecular weight is 670 g/mol. The Hall–Kier alpha value is -2.17. The molecule has 0 radical (unpaired) electrons. The minimum Gasteiger partial charge on any atom is -0.490 e. The fraction of sp³-hybridized carbons (Fsp3) is 0.639. The Bertz CT molecular complexity index is 1470. The number of nitrogens with zero attached hydrogens (tertiary/aromatic N) is 1. The second-order valence-corrected chi connectivity index (χ2v) is 16.6. The number of halogens is 1. The van der Waals surface area contributed by atoms with Crippen molar-refractivity contribution in [1.82, 2.24) is 4.72 Å². The van der Waals surface area contributed by atoms with E-state index in [1.807, 2.05) is 25.1 Å². The minimum absolute atomic E-state index is 0.0852. The van der Waals surface area contributed by atoms with Crippen LogP contribution in [0.5, 0.6) is 5.75 Å². The molecule has 5 aliphatic rings. The molecule has 3 N–H and O–H groups in total. The minimum atomic E-state index is -1.51. The number of carbonyl (C=O) groups excluding carboxylic acids is 1. The van der Waals surface area contributed by atoms with Gasteiger partial charge in [0.25, 0.3) is 5.91 Å². The van der Waals surface area contributed by atoms with E-state index in [1.54, 1.807) is 6.07 Å². The normalized spacial score (nSPS) is 36.8. The van der Waals surface area contributed by atoms with Crippen LogP contribution in [0.2, 0.25) is 5.02 Å². The first-order valence-corrected chi connectivity index (χ1v) is 18.8. The van der Waals surface area contributed by atoms with E-state index in [0.29, 0.717) is 37.2 Å². The number of rotatable bonds is 1. The molecule has 1 saturated heterocycles. The molecule has 10 heteroatoms. The number of nitrogens with two attached hydrogens (primary N) is 1. The smallest absolute Gasteiger partial charge is 0.263 e. The van der Waals surface area contributed by atoms with E-state index >= 15 is 0 Å². The summed E-state index contributed by atoms with van der Waals surface area (Å²) in [6.45, 7) is 7.37. The van der Waals surface area contributed by atoms with Gasteiger partial charge in [0.05, 0.1) is 36.8 Å². The van der Waals surface area contributed by atoms with Crippen LogP contribution in [0.25, 0.3) is 0 Å². The predicted molar refractivity (Wildman–Crippen MR) is 182 cm³/mol. The first-order chi connectivity index (χ1) is 22.2. The van der Waals surface area contributed by atoms with Gasteiger partial charge in [0, 0.05) is 35.0 Å². The Kier molecular flexibility index (Phi) is 9.42. The Morgan fingerprint density at radius 1 is 1.02 bits per heavy atom. The number of nitrogens with one attached hydrogen (secondary N) is 1. The van der Waals surface area contributed by atoms with Gasteiger partial charge in [0.2, 0.25) is 0 Å². The van der Waals surface area contributed by atoms with Crippen molar-refractivity contribution in [2.45, 2.75) is 88.2 Å². The third-order valence-electron chi connectivity index (χ3n) is 11.6. The van der Waals surface area contributed by atoms with Crippen LogP contribution in [-0.2, 0) is 32.3 Å². The SMILES string of the molecule is CC1CCCC(C2OCC(N)CO2)C2CCC2CN2C[C@@]3(CCCc4cc(Cl)ccc43)COc3ccc(cc32)C(=O)NS(=O)C1C. The lowest BCUT2D eigenvalue weighted by Gasteiger charge is -2.48. The topological polar surface area (TPSA) is 103 Å². The van der Waals surface area contributed by atoms with E-state index in [4.69, 9.17) is 31.5 Å². The number of aryl methyl sites for hydroxylation is 1. The fourth-order valence-electron chi connectivity index (χ4n) is 8.62. The summed E-state index contributed by atoms with van der Waals surface area (Å²) in [4.78, 5) is 16.0. The van der Waals surface area contributed by atoms with Crippen LogP contribution in [0.4, 0.5) is 5.69 Å². The number of fused-ring (bicyclic) bond motifs is 4. The molecule has 46 heavy (non-hydrogen) atoms. The van der Waals surface area contributed by atoms with Crippen LogP contribution >= 0.6 is 11.6 Å². The molecule has 7 atom stereocenters. The van der Waals surface area contributed by atoms with Gasteiger partial charge >= 0.3 is 0 Å². The molecule has 2 aromatic carbocycles. The summed E-state index contributed by atoms with van der Waals surface area (Å²) in [7, 11) is -1.51. The zero-order chi connectivity index (χ0) is 32.0. The van der Waals surface area contributed by atoms with Crippen molar-refractivity contribution in [3.63, 3.8) is 0 Å². The van der Waals surface area contributed by atoms with E-state index in [0.717, 1.165) is 80.9 Å². The molecule has 7 rings (SSSR count). The van der Waals surface area contributed by atoms with Crippen molar-refractivity contribution in [2.24, 2.45) is 29.4 Å². The highest BCUT2D eigenvalue weighted by Crippen LogP contribution is 2.49. The summed E-state index contributed by atoms with van der Waals surface area (Å²) in [5, 5.41) is 0.596. The Balaban J connectivity index is 1.27. The molecule has 3 aliphatic heterocycles. The highest BCUT2D eigenvalue weighted by Gasteiger charge is 2.46. The summed E-state index contributed by atoms with van der Waals surface area (Å²) in [5.41, 5.74) is 10.0. The summed E-state index contributed by atoms with van der Waals surface area (Å²) in [5.74, 6) is 1.86. The van der Waals surface area contributed by atoms with E-state index in [9.17, 15) is 9.00 Å². The van der Waals surface area contributed by atoms with Gasteiger partial charge in [-0.3, -0.25) is 9.52 Å². The van der Waals surface area contributed by atoms with Gasteiger partial charge in [0.15, 0.2) is 6.29 Å². The molecule has 6 unspecified atom stereocenters. The third-order valence-corrected chi connectivity index (χ3v) is 13.4. The lowest BCUT2D eigenvalue weighted by atomic mass is 9.64. The second kappa shape index (κ2) is 13.4. The van der Waals surface area contributed by atoms with Crippen molar-refractivity contribution < 1.29 is 23.2 Å². The monoisotopic (exact) mass is 669 g/mol. The van der Waals surface area contributed by atoms with Crippen molar-refractivity contribution in [1.29, 1.82) is 0 Å². The van der Waals surface area contributed by atoms with Crippen molar-refractivity contribution in [3.05, 3.63) is 58.1 Å². The standard InChI is InChI=1S/C36H48ClN3O5S/c1-22-5-3-7-30(35-43-18-28(38)19-44-35)29-11-8-26(29)17-40-20-36(14-4-6-24-15-27(37)10-12-31(24)36)21-45-33-13-9-25(16-32(33)40)34(41)39-46(42)23(22)2/h9-10,12-13,15-16,22-23,26,28-30,35H,3-8,11,14,17-21,38H2,1-2H3,(H,39,41)/t22?,23?,26?,28?,29?,30?,35?,36-,46?/m0/s1. The molecular formula is C36H48ClN3O5S. The maximum Gasteiger partial charge on any atom is 0.263 e. The highest BCUT2D eigenvalue weighted by atomic mass is 35.5. The predicted octanol–water partition coefficient (Wildman–Crippen LogP) is 5.76. The number of hydrogen-bond donors (Lipinski definition) is 2. The number of benzene rings is 2. The van der Waals surface area contributed by atoms with Crippen LogP contribution in [0.1, 0.15) is 80.3 Å². The molecule has 3 heterocycles. The van der Waals surface area contributed by atoms with Gasteiger partial charge < -0.3 is 24.8 Å². The van der Waals surface area contributed by atoms with E-state index in [-0.39, 0.29) is 40.7 Å². The molecular weight excluding hydrogens is 622 g/mol. The number of ether oxygens (including phenoxy) is 3. The first kappa shape index (κ1) is 32.4. The molecule has 2 aliphatic carbocycles. The lowest BCUT2D eigenvalue weighted by molar-refractivity contribution is -0.229. The van der Waals surface area contributed by atoms with Gasteiger partial charge in [-0.2, -0.15) is 0 Å². The van der Waals surface area contributed by atoms with E-state index in [2.05, 4.69) is 28.7 Å². The molecule has 2 fully saturated rings. The zero-order valence-corrected chi connectivity index (χ0v) is 28.6. The number of anilines is 1. The summed E-state index contributed by atoms with van der Waals surface area (Å²) < 4.78 is 35.3. The van der Waals surface area contributed by atoms with Gasteiger partial charge in [-0.25, -0.2) is 4.21 Å². The Morgan fingerprint density at radius 3 is 2.63 bits per heavy atom. The van der Waals surface area contributed by atoms with Crippen LogP contribution in [-0.4, -0.2) is 60.6 Å². The number of carbonyl (C=O) groups is 1. The summed E-state index contributed by atoms with van der Waals surface area (Å²) in [6, 6.07) is 11.9. The third kappa shape index (κ3) is 6.35.